The first-order valence-corrected chi connectivity index (χ1v) is 9.48. The SMILES string of the molecule is Nc1cc(-c2c(O)c3ccccc3n(-c3ccccc3)c2=O)nn1-c1ccccc1. The fraction of sp³-hybridized carbons (Fsp3) is 0. The number of hydrogen-bond donors (Lipinski definition) is 2. The van der Waals surface area contributed by atoms with E-state index in [1.807, 2.05) is 78.9 Å². The Morgan fingerprint density at radius 1 is 0.800 bits per heavy atom. The summed E-state index contributed by atoms with van der Waals surface area (Å²) in [5.74, 6) is 0.259. The van der Waals surface area contributed by atoms with Gasteiger partial charge in [0.2, 0.25) is 0 Å². The second-order valence-electron chi connectivity index (χ2n) is 6.92. The maximum atomic E-state index is 13.6. The minimum Gasteiger partial charge on any atom is -0.506 e. The molecule has 6 heteroatoms. The zero-order valence-corrected chi connectivity index (χ0v) is 15.9. The molecule has 2 heterocycles. The van der Waals surface area contributed by atoms with Crippen molar-refractivity contribution in [1.29, 1.82) is 0 Å². The van der Waals surface area contributed by atoms with Crippen LogP contribution in [0, 0.1) is 0 Å². The van der Waals surface area contributed by atoms with Crippen LogP contribution < -0.4 is 11.3 Å². The number of aromatic hydroxyl groups is 1. The Labute approximate surface area is 172 Å². The van der Waals surface area contributed by atoms with Crippen molar-refractivity contribution in [3.63, 3.8) is 0 Å². The summed E-state index contributed by atoms with van der Waals surface area (Å²) >= 11 is 0. The van der Waals surface area contributed by atoms with E-state index in [2.05, 4.69) is 5.10 Å². The topological polar surface area (TPSA) is 86.1 Å². The molecular formula is C24H18N4O2. The Morgan fingerprint density at radius 2 is 1.40 bits per heavy atom. The molecule has 30 heavy (non-hydrogen) atoms. The number of fused-ring (bicyclic) bond motifs is 1. The molecule has 3 N–H and O–H groups in total. The molecule has 0 saturated carbocycles. The molecule has 0 saturated heterocycles. The summed E-state index contributed by atoms with van der Waals surface area (Å²) in [6.07, 6.45) is 0. The van der Waals surface area contributed by atoms with Gasteiger partial charge < -0.3 is 10.8 Å². The van der Waals surface area contributed by atoms with Crippen molar-refractivity contribution in [3.8, 4) is 28.4 Å². The maximum absolute atomic E-state index is 13.6. The molecule has 2 aromatic heterocycles. The maximum Gasteiger partial charge on any atom is 0.268 e. The van der Waals surface area contributed by atoms with E-state index in [9.17, 15) is 9.90 Å². The molecule has 0 aliphatic rings. The number of nitrogen functional groups attached to an aromatic ring is 1. The highest BCUT2D eigenvalue weighted by Crippen LogP contribution is 2.34. The number of hydrogen-bond acceptors (Lipinski definition) is 4. The molecule has 5 rings (SSSR count). The Hall–Kier alpha value is -4.32. The van der Waals surface area contributed by atoms with E-state index in [1.165, 1.54) is 0 Å². The Balaban J connectivity index is 1.82. The van der Waals surface area contributed by atoms with Crippen LogP contribution in [0.25, 0.3) is 33.5 Å². The van der Waals surface area contributed by atoms with E-state index in [0.717, 1.165) is 5.69 Å². The second kappa shape index (κ2) is 6.93. The van der Waals surface area contributed by atoms with Gasteiger partial charge in [0.15, 0.2) is 0 Å². The van der Waals surface area contributed by atoms with Gasteiger partial charge in [-0.2, -0.15) is 5.10 Å². The zero-order chi connectivity index (χ0) is 20.7. The Bertz CT molecular complexity index is 1420. The highest BCUT2D eigenvalue weighted by atomic mass is 16.3. The molecular weight excluding hydrogens is 376 g/mol. The van der Waals surface area contributed by atoms with Crippen LogP contribution in [0.1, 0.15) is 0 Å². The average Bonchev–Trinajstić information content (AvgIpc) is 3.16. The predicted molar refractivity (Wildman–Crippen MR) is 118 cm³/mol. The molecule has 5 aromatic rings. The number of para-hydroxylation sites is 3. The Morgan fingerprint density at radius 3 is 2.10 bits per heavy atom. The summed E-state index contributed by atoms with van der Waals surface area (Å²) in [6.45, 7) is 0. The largest absolute Gasteiger partial charge is 0.506 e. The molecule has 6 nitrogen and oxygen atoms in total. The third kappa shape index (κ3) is 2.74. The molecule has 0 atom stereocenters. The number of rotatable bonds is 3. The number of benzene rings is 3. The van der Waals surface area contributed by atoms with Crippen LogP contribution in [-0.4, -0.2) is 19.5 Å². The van der Waals surface area contributed by atoms with Gasteiger partial charge >= 0.3 is 0 Å². The van der Waals surface area contributed by atoms with Crippen LogP contribution in [0.15, 0.2) is 95.8 Å². The summed E-state index contributed by atoms with van der Waals surface area (Å²) in [4.78, 5) is 13.6. The molecule has 146 valence electrons. The standard InChI is InChI=1S/C24H18N4O2/c25-21-15-19(26-28(21)17-11-5-2-6-12-17)22-23(29)18-13-7-8-14-20(18)27(24(22)30)16-9-3-1-4-10-16/h1-15,29H,25H2. The van der Waals surface area contributed by atoms with Gasteiger partial charge in [0.25, 0.3) is 5.56 Å². The van der Waals surface area contributed by atoms with Crippen LogP contribution in [0.4, 0.5) is 5.82 Å². The minimum atomic E-state index is -0.366. The van der Waals surface area contributed by atoms with Gasteiger partial charge in [-0.1, -0.05) is 48.5 Å². The second-order valence-corrected chi connectivity index (χ2v) is 6.92. The van der Waals surface area contributed by atoms with Crippen molar-refractivity contribution in [2.75, 3.05) is 5.73 Å². The molecule has 0 spiro atoms. The van der Waals surface area contributed by atoms with Gasteiger partial charge in [-0.15, -0.1) is 0 Å². The number of aromatic nitrogens is 3. The van der Waals surface area contributed by atoms with Crippen molar-refractivity contribution >= 4 is 16.7 Å². The molecule has 0 radical (unpaired) electrons. The van der Waals surface area contributed by atoms with Crippen molar-refractivity contribution in [2.45, 2.75) is 0 Å². The predicted octanol–water partition coefficient (Wildman–Crippen LogP) is 4.13. The van der Waals surface area contributed by atoms with Gasteiger partial charge in [-0.05, 0) is 36.4 Å². The van der Waals surface area contributed by atoms with Crippen molar-refractivity contribution in [2.24, 2.45) is 0 Å². The lowest BCUT2D eigenvalue weighted by Crippen LogP contribution is -2.21. The monoisotopic (exact) mass is 394 g/mol. The first kappa shape index (κ1) is 17.8. The van der Waals surface area contributed by atoms with E-state index in [4.69, 9.17) is 5.73 Å². The highest BCUT2D eigenvalue weighted by Gasteiger charge is 2.21. The number of nitrogens with zero attached hydrogens (tertiary/aromatic N) is 3. The van der Waals surface area contributed by atoms with Gasteiger partial charge in [0, 0.05) is 17.1 Å². The average molecular weight is 394 g/mol. The molecule has 0 aliphatic heterocycles. The third-order valence-corrected chi connectivity index (χ3v) is 5.06. The summed E-state index contributed by atoms with van der Waals surface area (Å²) < 4.78 is 3.14. The summed E-state index contributed by atoms with van der Waals surface area (Å²) in [7, 11) is 0. The first-order chi connectivity index (χ1) is 14.6. The number of anilines is 1. The quantitative estimate of drug-likeness (QED) is 0.482. The molecule has 0 unspecified atom stereocenters. The van der Waals surface area contributed by atoms with E-state index >= 15 is 0 Å². The fourth-order valence-corrected chi connectivity index (χ4v) is 3.68. The van der Waals surface area contributed by atoms with Gasteiger partial charge in [0.1, 0.15) is 22.8 Å². The molecule has 0 aliphatic carbocycles. The fourth-order valence-electron chi connectivity index (χ4n) is 3.68. The van der Waals surface area contributed by atoms with E-state index in [1.54, 1.807) is 21.4 Å². The lowest BCUT2D eigenvalue weighted by Gasteiger charge is -2.14. The number of pyridine rings is 1. The van der Waals surface area contributed by atoms with Crippen LogP contribution in [0.2, 0.25) is 0 Å². The van der Waals surface area contributed by atoms with Crippen LogP contribution in [-0.2, 0) is 0 Å². The molecule has 0 fully saturated rings. The normalized spacial score (nSPS) is 11.1. The highest BCUT2D eigenvalue weighted by molar-refractivity contribution is 5.92. The van der Waals surface area contributed by atoms with Crippen molar-refractivity contribution in [3.05, 3.63) is 101 Å². The van der Waals surface area contributed by atoms with Gasteiger partial charge in [-0.3, -0.25) is 9.36 Å². The van der Waals surface area contributed by atoms with Crippen LogP contribution >= 0.6 is 0 Å². The minimum absolute atomic E-state index is 0.110. The Kier molecular flexibility index (Phi) is 4.10. The van der Waals surface area contributed by atoms with E-state index in [-0.39, 0.29) is 16.9 Å². The molecule has 0 amide bonds. The van der Waals surface area contributed by atoms with Crippen molar-refractivity contribution in [1.82, 2.24) is 14.3 Å². The lowest BCUT2D eigenvalue weighted by molar-refractivity contribution is 0.482. The molecule has 3 aromatic carbocycles. The lowest BCUT2D eigenvalue weighted by atomic mass is 10.1. The van der Waals surface area contributed by atoms with E-state index < -0.39 is 0 Å². The zero-order valence-electron chi connectivity index (χ0n) is 15.9. The first-order valence-electron chi connectivity index (χ1n) is 9.48. The number of nitrogens with two attached hydrogens (primary N) is 1. The van der Waals surface area contributed by atoms with E-state index in [0.29, 0.717) is 28.1 Å². The summed E-state index contributed by atoms with van der Waals surface area (Å²) in [5, 5.41) is 16.1. The van der Waals surface area contributed by atoms with Crippen molar-refractivity contribution < 1.29 is 5.11 Å². The third-order valence-electron chi connectivity index (χ3n) is 5.06. The summed E-state index contributed by atoms with van der Waals surface area (Å²) in [6, 6.07) is 27.6. The summed E-state index contributed by atoms with van der Waals surface area (Å²) in [5.41, 5.74) is 8.33. The smallest absolute Gasteiger partial charge is 0.268 e. The molecule has 0 bridgehead atoms. The van der Waals surface area contributed by atoms with Gasteiger partial charge in [-0.25, -0.2) is 4.68 Å². The van der Waals surface area contributed by atoms with Crippen LogP contribution in [0.5, 0.6) is 5.75 Å². The van der Waals surface area contributed by atoms with Gasteiger partial charge in [0.05, 0.1) is 11.2 Å². The van der Waals surface area contributed by atoms with Crippen LogP contribution in [0.3, 0.4) is 0 Å².